The van der Waals surface area contributed by atoms with Gasteiger partial charge in [-0.2, -0.15) is 0 Å². The van der Waals surface area contributed by atoms with Crippen LogP contribution in [0, 0.1) is 0 Å². The minimum Gasteiger partial charge on any atom is -0.484 e. The Labute approximate surface area is 107 Å². The molecule has 0 aromatic heterocycles. The fourth-order valence-electron chi connectivity index (χ4n) is 1.44. The van der Waals surface area contributed by atoms with Gasteiger partial charge >= 0.3 is 0 Å². The van der Waals surface area contributed by atoms with E-state index in [2.05, 4.69) is 0 Å². The van der Waals surface area contributed by atoms with Gasteiger partial charge in [0.15, 0.2) is 6.61 Å². The Hall–Kier alpha value is -1.59. The number of benzene rings is 1. The van der Waals surface area contributed by atoms with Gasteiger partial charge in [0.05, 0.1) is 13.2 Å². The van der Waals surface area contributed by atoms with E-state index in [1.807, 2.05) is 18.2 Å². The Balaban J connectivity index is 2.40. The van der Waals surface area contributed by atoms with Gasteiger partial charge in [0, 0.05) is 20.2 Å². The molecule has 0 radical (unpaired) electrons. The molecule has 0 spiro atoms. The van der Waals surface area contributed by atoms with Crippen LogP contribution in [0.4, 0.5) is 0 Å². The Morgan fingerprint density at radius 3 is 2.61 bits per heavy atom. The van der Waals surface area contributed by atoms with E-state index in [0.717, 1.165) is 0 Å². The molecule has 0 aliphatic carbocycles. The molecule has 0 atom stereocenters. The van der Waals surface area contributed by atoms with Gasteiger partial charge in [-0.3, -0.25) is 4.79 Å². The first-order chi connectivity index (χ1) is 8.77. The van der Waals surface area contributed by atoms with Crippen molar-refractivity contribution in [1.82, 2.24) is 4.90 Å². The number of carbonyl (C=O) groups excluding carboxylic acids is 1. The molecular formula is C13H19NO4. The molecular weight excluding hydrogens is 234 g/mol. The van der Waals surface area contributed by atoms with Crippen LogP contribution >= 0.6 is 0 Å². The maximum absolute atomic E-state index is 11.8. The number of nitrogens with zero attached hydrogens (tertiary/aromatic N) is 1. The average Bonchev–Trinajstić information content (AvgIpc) is 2.42. The van der Waals surface area contributed by atoms with Gasteiger partial charge in [0.25, 0.3) is 5.91 Å². The SMILES string of the molecule is COCCN(CCO)C(=O)COc1ccccc1. The number of aliphatic hydroxyl groups is 1. The number of methoxy groups -OCH3 is 1. The normalized spacial score (nSPS) is 10.1. The van der Waals surface area contributed by atoms with E-state index in [-0.39, 0.29) is 19.1 Å². The van der Waals surface area contributed by atoms with Crippen LogP contribution in [-0.4, -0.2) is 55.9 Å². The van der Waals surface area contributed by atoms with Crippen LogP contribution in [0.15, 0.2) is 30.3 Å². The van der Waals surface area contributed by atoms with Crippen molar-refractivity contribution in [3.8, 4) is 5.75 Å². The van der Waals surface area contributed by atoms with Crippen molar-refractivity contribution in [1.29, 1.82) is 0 Å². The summed E-state index contributed by atoms with van der Waals surface area (Å²) >= 11 is 0. The molecule has 0 aliphatic heterocycles. The number of aliphatic hydroxyl groups excluding tert-OH is 1. The first-order valence-corrected chi connectivity index (χ1v) is 5.83. The van der Waals surface area contributed by atoms with Crippen LogP contribution in [0.5, 0.6) is 5.75 Å². The van der Waals surface area contributed by atoms with Crippen molar-refractivity contribution in [2.75, 3.05) is 40.0 Å². The quantitative estimate of drug-likeness (QED) is 0.734. The molecule has 0 saturated carbocycles. The molecule has 5 nitrogen and oxygen atoms in total. The average molecular weight is 253 g/mol. The maximum atomic E-state index is 11.8. The number of carbonyl (C=O) groups is 1. The summed E-state index contributed by atoms with van der Waals surface area (Å²) in [6, 6.07) is 9.15. The Bertz CT molecular complexity index is 342. The molecule has 0 unspecified atom stereocenters. The standard InChI is InChI=1S/C13H19NO4/c1-17-10-8-14(7-9-15)13(16)11-18-12-5-3-2-4-6-12/h2-6,15H,7-11H2,1H3. The van der Waals surface area contributed by atoms with Crippen molar-refractivity contribution in [2.24, 2.45) is 0 Å². The van der Waals surface area contributed by atoms with Gasteiger partial charge in [-0.25, -0.2) is 0 Å². The fourth-order valence-corrected chi connectivity index (χ4v) is 1.44. The fraction of sp³-hybridized carbons (Fsp3) is 0.462. The molecule has 1 N–H and O–H groups in total. The molecule has 1 aromatic rings. The second kappa shape index (κ2) is 8.49. The Kier molecular flexibility index (Phi) is 6.83. The van der Waals surface area contributed by atoms with Crippen molar-refractivity contribution in [3.63, 3.8) is 0 Å². The number of hydrogen-bond acceptors (Lipinski definition) is 4. The minimum atomic E-state index is -0.162. The van der Waals surface area contributed by atoms with Gasteiger partial charge < -0.3 is 19.5 Å². The predicted molar refractivity (Wildman–Crippen MR) is 67.5 cm³/mol. The molecule has 1 aromatic carbocycles. The first-order valence-electron chi connectivity index (χ1n) is 5.83. The van der Waals surface area contributed by atoms with Crippen LogP contribution in [0.25, 0.3) is 0 Å². The van der Waals surface area contributed by atoms with Crippen LogP contribution < -0.4 is 4.74 Å². The third-order valence-corrected chi connectivity index (χ3v) is 2.39. The van der Waals surface area contributed by atoms with Crippen molar-refractivity contribution in [3.05, 3.63) is 30.3 Å². The van der Waals surface area contributed by atoms with E-state index < -0.39 is 0 Å². The summed E-state index contributed by atoms with van der Waals surface area (Å²) in [4.78, 5) is 13.4. The molecule has 0 aliphatic rings. The van der Waals surface area contributed by atoms with Gasteiger partial charge in [0.1, 0.15) is 5.75 Å². The predicted octanol–water partition coefficient (Wildman–Crippen LogP) is 0.533. The van der Waals surface area contributed by atoms with Crippen molar-refractivity contribution < 1.29 is 19.4 Å². The molecule has 100 valence electrons. The van der Waals surface area contributed by atoms with E-state index in [9.17, 15) is 4.79 Å². The lowest BCUT2D eigenvalue weighted by Crippen LogP contribution is -2.39. The van der Waals surface area contributed by atoms with Gasteiger partial charge in [-0.1, -0.05) is 18.2 Å². The Morgan fingerprint density at radius 2 is 2.00 bits per heavy atom. The second-order valence-corrected chi connectivity index (χ2v) is 3.70. The largest absolute Gasteiger partial charge is 0.484 e. The lowest BCUT2D eigenvalue weighted by atomic mass is 10.3. The zero-order valence-corrected chi connectivity index (χ0v) is 10.5. The maximum Gasteiger partial charge on any atom is 0.260 e. The number of amides is 1. The molecule has 1 amide bonds. The monoisotopic (exact) mass is 253 g/mol. The lowest BCUT2D eigenvalue weighted by Gasteiger charge is -2.21. The summed E-state index contributed by atoms with van der Waals surface area (Å²) in [5.41, 5.74) is 0. The second-order valence-electron chi connectivity index (χ2n) is 3.70. The highest BCUT2D eigenvalue weighted by atomic mass is 16.5. The summed E-state index contributed by atoms with van der Waals surface area (Å²) in [6.45, 7) is 1.08. The number of hydrogen-bond donors (Lipinski definition) is 1. The molecule has 0 bridgehead atoms. The molecule has 0 heterocycles. The smallest absolute Gasteiger partial charge is 0.260 e. The minimum absolute atomic E-state index is 0.0340. The highest BCUT2D eigenvalue weighted by Gasteiger charge is 2.13. The zero-order chi connectivity index (χ0) is 13.2. The van der Waals surface area contributed by atoms with Gasteiger partial charge in [-0.15, -0.1) is 0 Å². The zero-order valence-electron chi connectivity index (χ0n) is 10.5. The van der Waals surface area contributed by atoms with E-state index in [1.54, 1.807) is 19.2 Å². The van der Waals surface area contributed by atoms with E-state index >= 15 is 0 Å². The van der Waals surface area contributed by atoms with Crippen molar-refractivity contribution >= 4 is 5.91 Å². The summed E-state index contributed by atoms with van der Waals surface area (Å²) in [5, 5.41) is 8.89. The summed E-state index contributed by atoms with van der Waals surface area (Å²) < 4.78 is 10.3. The number of ether oxygens (including phenoxy) is 2. The van der Waals surface area contributed by atoms with Crippen LogP contribution in [0.3, 0.4) is 0 Å². The van der Waals surface area contributed by atoms with Gasteiger partial charge in [0.2, 0.25) is 0 Å². The molecule has 1 rings (SSSR count). The molecule has 0 fully saturated rings. The Morgan fingerprint density at radius 1 is 1.28 bits per heavy atom. The molecule has 0 saturated heterocycles. The van der Waals surface area contributed by atoms with Crippen LogP contribution in [-0.2, 0) is 9.53 Å². The van der Waals surface area contributed by atoms with Crippen LogP contribution in [0.1, 0.15) is 0 Å². The highest BCUT2D eigenvalue weighted by Crippen LogP contribution is 2.08. The van der Waals surface area contributed by atoms with E-state index in [0.29, 0.717) is 25.4 Å². The lowest BCUT2D eigenvalue weighted by molar-refractivity contribution is -0.134. The summed E-state index contributed by atoms with van der Waals surface area (Å²) in [5.74, 6) is 0.492. The van der Waals surface area contributed by atoms with Crippen LogP contribution in [0.2, 0.25) is 0 Å². The molecule has 5 heteroatoms. The third-order valence-electron chi connectivity index (χ3n) is 2.39. The summed E-state index contributed by atoms with van der Waals surface area (Å²) in [7, 11) is 1.57. The highest BCUT2D eigenvalue weighted by molar-refractivity contribution is 5.77. The topological polar surface area (TPSA) is 59.0 Å². The van der Waals surface area contributed by atoms with E-state index in [4.69, 9.17) is 14.6 Å². The molecule has 18 heavy (non-hydrogen) atoms. The third kappa shape index (κ3) is 5.16. The summed E-state index contributed by atoms with van der Waals surface area (Å²) in [6.07, 6.45) is 0. The number of para-hydroxylation sites is 1. The number of rotatable bonds is 8. The van der Waals surface area contributed by atoms with E-state index in [1.165, 1.54) is 4.90 Å². The first kappa shape index (κ1) is 14.5. The van der Waals surface area contributed by atoms with Crippen molar-refractivity contribution in [2.45, 2.75) is 0 Å². The van der Waals surface area contributed by atoms with Gasteiger partial charge in [-0.05, 0) is 12.1 Å².